The van der Waals surface area contributed by atoms with Crippen molar-refractivity contribution in [3.8, 4) is 34.2 Å². The Hall–Kier alpha value is -6.46. The summed E-state index contributed by atoms with van der Waals surface area (Å²) in [6.45, 7) is 0. The summed E-state index contributed by atoms with van der Waals surface area (Å²) in [6.07, 6.45) is 1.80. The zero-order valence-corrected chi connectivity index (χ0v) is 25.1. The third-order valence-electron chi connectivity index (χ3n) is 9.14. The molecule has 0 saturated heterocycles. The molecule has 7 aromatic carbocycles. The molecule has 0 aliphatic carbocycles. The van der Waals surface area contributed by atoms with Gasteiger partial charge in [-0.1, -0.05) is 109 Å². The Morgan fingerprint density at radius 3 is 1.94 bits per heavy atom. The molecule has 218 valence electrons. The van der Waals surface area contributed by atoms with Crippen LogP contribution in [0.2, 0.25) is 0 Å². The molecule has 0 unspecified atom stereocenters. The van der Waals surface area contributed by atoms with Crippen molar-refractivity contribution in [1.29, 1.82) is 0 Å². The van der Waals surface area contributed by atoms with Crippen LogP contribution in [0.5, 0.6) is 0 Å². The van der Waals surface area contributed by atoms with Crippen LogP contribution in [-0.2, 0) is 0 Å². The summed E-state index contributed by atoms with van der Waals surface area (Å²) in [6, 6.07) is 48.3. The van der Waals surface area contributed by atoms with Crippen molar-refractivity contribution in [2.75, 3.05) is 0 Å². The number of fused-ring (bicyclic) bond motifs is 9. The Morgan fingerprint density at radius 2 is 1.06 bits per heavy atom. The van der Waals surface area contributed by atoms with Gasteiger partial charge in [0.2, 0.25) is 0 Å². The molecule has 3 heterocycles. The van der Waals surface area contributed by atoms with E-state index in [4.69, 9.17) is 19.4 Å². The lowest BCUT2D eigenvalue weighted by Gasteiger charge is -2.12. The maximum atomic E-state index is 6.34. The third kappa shape index (κ3) is 4.10. The molecule has 0 N–H and O–H groups in total. The Balaban J connectivity index is 1.23. The van der Waals surface area contributed by atoms with Crippen molar-refractivity contribution in [1.82, 2.24) is 19.9 Å². The maximum absolute atomic E-state index is 6.34. The Kier molecular flexibility index (Phi) is 5.51. The number of hydrogen-bond donors (Lipinski definition) is 0. The van der Waals surface area contributed by atoms with Crippen molar-refractivity contribution in [2.45, 2.75) is 0 Å². The fourth-order valence-electron chi connectivity index (χ4n) is 6.83. The molecule has 10 aromatic rings. The molecular formula is C42H24N4O. The number of rotatable bonds is 3. The predicted octanol–water partition coefficient (Wildman–Crippen LogP) is 10.8. The number of furan rings is 1. The standard InChI is InChI=1S/C42H24N4O/c1-2-9-28-23-29(18-14-25(28)7-1)40-44-41(30-19-17-27-16-15-26-8-3-4-10-31(26)36(27)24-30)46-42(45-40)34-12-5-11-33-32(34)20-21-35-38-37(47-39(33)35)13-6-22-43-38/h1-24H. The van der Waals surface area contributed by atoms with E-state index in [1.54, 1.807) is 6.20 Å². The van der Waals surface area contributed by atoms with Gasteiger partial charge in [0.05, 0.1) is 0 Å². The molecule has 5 heteroatoms. The van der Waals surface area contributed by atoms with Gasteiger partial charge >= 0.3 is 0 Å². The molecule has 0 aliphatic heterocycles. The van der Waals surface area contributed by atoms with E-state index in [1.165, 1.54) is 26.9 Å². The summed E-state index contributed by atoms with van der Waals surface area (Å²) < 4.78 is 6.34. The maximum Gasteiger partial charge on any atom is 0.164 e. The lowest BCUT2D eigenvalue weighted by atomic mass is 9.99. The Bertz CT molecular complexity index is 2870. The Morgan fingerprint density at radius 1 is 0.404 bits per heavy atom. The van der Waals surface area contributed by atoms with Gasteiger partial charge in [0.1, 0.15) is 11.1 Å². The van der Waals surface area contributed by atoms with Crippen LogP contribution in [0, 0.1) is 0 Å². The van der Waals surface area contributed by atoms with Gasteiger partial charge < -0.3 is 4.42 Å². The molecule has 0 aliphatic rings. The van der Waals surface area contributed by atoms with Crippen LogP contribution in [0.3, 0.4) is 0 Å². The molecular weight excluding hydrogens is 576 g/mol. The van der Waals surface area contributed by atoms with Crippen LogP contribution < -0.4 is 0 Å². The first-order chi connectivity index (χ1) is 23.3. The molecule has 0 bridgehead atoms. The minimum absolute atomic E-state index is 0.607. The fourth-order valence-corrected chi connectivity index (χ4v) is 6.83. The highest BCUT2D eigenvalue weighted by Gasteiger charge is 2.18. The van der Waals surface area contributed by atoms with Gasteiger partial charge in [-0.15, -0.1) is 0 Å². The summed E-state index contributed by atoms with van der Waals surface area (Å²) in [7, 11) is 0. The molecule has 0 fully saturated rings. The SMILES string of the molecule is c1ccc2cc(-c3nc(-c4ccc5ccc6ccccc6c5c4)nc(-c4cccc5c4ccc4c6ncccc6oc54)n3)ccc2c1. The number of nitrogens with zero attached hydrogens (tertiary/aromatic N) is 4. The van der Waals surface area contributed by atoms with Gasteiger partial charge in [-0.3, -0.25) is 4.98 Å². The monoisotopic (exact) mass is 600 g/mol. The van der Waals surface area contributed by atoms with E-state index >= 15 is 0 Å². The van der Waals surface area contributed by atoms with Crippen LogP contribution in [0.15, 0.2) is 150 Å². The molecule has 3 aromatic heterocycles. The van der Waals surface area contributed by atoms with Crippen LogP contribution in [-0.4, -0.2) is 19.9 Å². The minimum atomic E-state index is 0.607. The second-order valence-corrected chi connectivity index (χ2v) is 11.9. The van der Waals surface area contributed by atoms with Crippen molar-refractivity contribution in [3.63, 3.8) is 0 Å². The van der Waals surface area contributed by atoms with Crippen molar-refractivity contribution in [2.24, 2.45) is 0 Å². The quantitative estimate of drug-likeness (QED) is 0.189. The Labute approximate surface area is 268 Å². The zero-order valence-electron chi connectivity index (χ0n) is 25.1. The highest BCUT2D eigenvalue weighted by Crippen LogP contribution is 2.37. The van der Waals surface area contributed by atoms with E-state index in [1.807, 2.05) is 18.2 Å². The number of hydrogen-bond acceptors (Lipinski definition) is 5. The molecule has 0 radical (unpaired) electrons. The minimum Gasteiger partial charge on any atom is -0.454 e. The van der Waals surface area contributed by atoms with Crippen molar-refractivity contribution in [3.05, 3.63) is 146 Å². The van der Waals surface area contributed by atoms with E-state index in [0.29, 0.717) is 17.5 Å². The first-order valence-electron chi connectivity index (χ1n) is 15.6. The van der Waals surface area contributed by atoms with Gasteiger partial charge in [0, 0.05) is 33.7 Å². The van der Waals surface area contributed by atoms with Crippen LogP contribution in [0.25, 0.3) is 99.3 Å². The van der Waals surface area contributed by atoms with Gasteiger partial charge in [0.15, 0.2) is 23.1 Å². The van der Waals surface area contributed by atoms with E-state index in [-0.39, 0.29) is 0 Å². The van der Waals surface area contributed by atoms with Crippen LogP contribution >= 0.6 is 0 Å². The summed E-state index contributed by atoms with van der Waals surface area (Å²) in [5.74, 6) is 1.86. The topological polar surface area (TPSA) is 64.7 Å². The molecule has 0 spiro atoms. The first-order valence-corrected chi connectivity index (χ1v) is 15.6. The predicted molar refractivity (Wildman–Crippen MR) is 191 cm³/mol. The van der Waals surface area contributed by atoms with Crippen molar-refractivity contribution >= 4 is 65.2 Å². The van der Waals surface area contributed by atoms with E-state index in [2.05, 4.69) is 126 Å². The van der Waals surface area contributed by atoms with Gasteiger partial charge in [0.25, 0.3) is 0 Å². The van der Waals surface area contributed by atoms with Crippen LogP contribution in [0.1, 0.15) is 0 Å². The lowest BCUT2D eigenvalue weighted by Crippen LogP contribution is -2.00. The van der Waals surface area contributed by atoms with Gasteiger partial charge in [-0.2, -0.15) is 0 Å². The normalized spacial score (nSPS) is 11.8. The summed E-state index contributed by atoms with van der Waals surface area (Å²) in [5.41, 5.74) is 5.22. The average molecular weight is 601 g/mol. The summed E-state index contributed by atoms with van der Waals surface area (Å²) in [5, 5.41) is 10.0. The van der Waals surface area contributed by atoms with E-state index in [0.717, 1.165) is 54.9 Å². The second-order valence-electron chi connectivity index (χ2n) is 11.9. The zero-order chi connectivity index (χ0) is 30.9. The molecule has 47 heavy (non-hydrogen) atoms. The fraction of sp³-hybridized carbons (Fsp3) is 0. The summed E-state index contributed by atoms with van der Waals surface area (Å²) >= 11 is 0. The van der Waals surface area contributed by atoms with Crippen LogP contribution in [0.4, 0.5) is 0 Å². The molecule has 10 rings (SSSR count). The van der Waals surface area contributed by atoms with E-state index < -0.39 is 0 Å². The third-order valence-corrected chi connectivity index (χ3v) is 9.14. The molecule has 0 atom stereocenters. The highest BCUT2D eigenvalue weighted by molar-refractivity contribution is 6.16. The highest BCUT2D eigenvalue weighted by atomic mass is 16.3. The second kappa shape index (κ2) is 10.0. The number of aromatic nitrogens is 4. The van der Waals surface area contributed by atoms with E-state index in [9.17, 15) is 0 Å². The molecule has 0 amide bonds. The smallest absolute Gasteiger partial charge is 0.164 e. The number of benzene rings is 7. The molecule has 0 saturated carbocycles. The number of pyridine rings is 1. The van der Waals surface area contributed by atoms with Gasteiger partial charge in [-0.25, -0.2) is 15.0 Å². The average Bonchev–Trinajstić information content (AvgIpc) is 3.53. The van der Waals surface area contributed by atoms with Gasteiger partial charge in [-0.05, 0) is 68.0 Å². The largest absolute Gasteiger partial charge is 0.454 e. The van der Waals surface area contributed by atoms with Crippen molar-refractivity contribution < 1.29 is 4.42 Å². The lowest BCUT2D eigenvalue weighted by molar-refractivity contribution is 0.672. The first kappa shape index (κ1) is 25.8. The molecule has 5 nitrogen and oxygen atoms in total. The summed E-state index contributed by atoms with van der Waals surface area (Å²) in [4.78, 5) is 20.0.